The SMILES string of the molecule is CC(C)N(CCC(=O)O)CC(=O)N(C)C1CCCCC1. The molecule has 1 fully saturated rings. The van der Waals surface area contributed by atoms with E-state index in [9.17, 15) is 9.59 Å². The number of hydrogen-bond donors (Lipinski definition) is 1. The Labute approximate surface area is 121 Å². The van der Waals surface area contributed by atoms with Crippen LogP contribution in [0.4, 0.5) is 0 Å². The second kappa shape index (κ2) is 8.25. The lowest BCUT2D eigenvalue weighted by atomic mass is 9.94. The Hall–Kier alpha value is -1.10. The fourth-order valence-corrected chi connectivity index (χ4v) is 2.72. The van der Waals surface area contributed by atoms with Gasteiger partial charge in [-0.3, -0.25) is 14.5 Å². The van der Waals surface area contributed by atoms with Crippen molar-refractivity contribution in [1.82, 2.24) is 9.80 Å². The lowest BCUT2D eigenvalue weighted by molar-refractivity contribution is -0.139. The van der Waals surface area contributed by atoms with Crippen LogP contribution in [0.1, 0.15) is 52.4 Å². The maximum atomic E-state index is 12.3. The molecule has 116 valence electrons. The van der Waals surface area contributed by atoms with Crippen LogP contribution in [0.15, 0.2) is 0 Å². The van der Waals surface area contributed by atoms with Gasteiger partial charge in [-0.25, -0.2) is 0 Å². The van der Waals surface area contributed by atoms with E-state index in [4.69, 9.17) is 5.11 Å². The number of carboxylic acids is 1. The van der Waals surface area contributed by atoms with E-state index in [-0.39, 0.29) is 18.4 Å². The van der Waals surface area contributed by atoms with Gasteiger partial charge in [0.15, 0.2) is 0 Å². The highest BCUT2D eigenvalue weighted by Crippen LogP contribution is 2.21. The zero-order chi connectivity index (χ0) is 15.1. The normalized spacial score (nSPS) is 16.6. The highest BCUT2D eigenvalue weighted by atomic mass is 16.4. The molecule has 0 atom stereocenters. The lowest BCUT2D eigenvalue weighted by Crippen LogP contribution is -2.46. The highest BCUT2D eigenvalue weighted by Gasteiger charge is 2.24. The summed E-state index contributed by atoms with van der Waals surface area (Å²) in [6.07, 6.45) is 5.95. The van der Waals surface area contributed by atoms with E-state index in [0.29, 0.717) is 19.1 Å². The minimum absolute atomic E-state index is 0.0819. The molecule has 1 rings (SSSR count). The number of carbonyl (C=O) groups excluding carboxylic acids is 1. The zero-order valence-corrected chi connectivity index (χ0v) is 13.0. The number of aliphatic carboxylic acids is 1. The fraction of sp³-hybridized carbons (Fsp3) is 0.867. The van der Waals surface area contributed by atoms with Gasteiger partial charge in [-0.2, -0.15) is 0 Å². The maximum Gasteiger partial charge on any atom is 0.304 e. The Morgan fingerprint density at radius 1 is 1.20 bits per heavy atom. The molecule has 1 aliphatic rings. The molecule has 1 N–H and O–H groups in total. The molecular formula is C15H28N2O3. The van der Waals surface area contributed by atoms with Crippen molar-refractivity contribution in [1.29, 1.82) is 0 Å². The van der Waals surface area contributed by atoms with Crippen LogP contribution in [-0.2, 0) is 9.59 Å². The first-order chi connectivity index (χ1) is 9.41. The monoisotopic (exact) mass is 284 g/mol. The molecule has 5 nitrogen and oxygen atoms in total. The Kier molecular flexibility index (Phi) is 6.99. The van der Waals surface area contributed by atoms with Gasteiger partial charge in [0.05, 0.1) is 13.0 Å². The summed E-state index contributed by atoms with van der Waals surface area (Å²) in [5.41, 5.74) is 0. The molecule has 0 aromatic carbocycles. The molecule has 1 saturated carbocycles. The minimum Gasteiger partial charge on any atom is -0.481 e. The first-order valence-corrected chi connectivity index (χ1v) is 7.63. The van der Waals surface area contributed by atoms with Crippen molar-refractivity contribution in [2.24, 2.45) is 0 Å². The molecule has 0 aromatic heterocycles. The van der Waals surface area contributed by atoms with Crippen molar-refractivity contribution in [3.63, 3.8) is 0 Å². The second-order valence-corrected chi connectivity index (χ2v) is 6.00. The Bertz CT molecular complexity index is 325. The highest BCUT2D eigenvalue weighted by molar-refractivity contribution is 5.78. The van der Waals surface area contributed by atoms with Gasteiger partial charge >= 0.3 is 5.97 Å². The predicted octanol–water partition coefficient (Wildman–Crippen LogP) is 1.96. The summed E-state index contributed by atoms with van der Waals surface area (Å²) in [6, 6.07) is 0.544. The summed E-state index contributed by atoms with van der Waals surface area (Å²) in [4.78, 5) is 26.8. The van der Waals surface area contributed by atoms with Crippen molar-refractivity contribution in [2.45, 2.75) is 64.5 Å². The van der Waals surface area contributed by atoms with Crippen LogP contribution in [0.5, 0.6) is 0 Å². The quantitative estimate of drug-likeness (QED) is 0.776. The smallest absolute Gasteiger partial charge is 0.304 e. The van der Waals surface area contributed by atoms with E-state index in [2.05, 4.69) is 0 Å². The number of nitrogens with zero attached hydrogens (tertiary/aromatic N) is 2. The first kappa shape index (κ1) is 17.0. The third kappa shape index (κ3) is 5.49. The largest absolute Gasteiger partial charge is 0.481 e. The molecule has 0 saturated heterocycles. The van der Waals surface area contributed by atoms with Crippen LogP contribution in [0.25, 0.3) is 0 Å². The van der Waals surface area contributed by atoms with Crippen molar-refractivity contribution in [3.05, 3.63) is 0 Å². The summed E-state index contributed by atoms with van der Waals surface area (Å²) in [7, 11) is 1.88. The minimum atomic E-state index is -0.816. The Morgan fingerprint density at radius 3 is 2.30 bits per heavy atom. The lowest BCUT2D eigenvalue weighted by Gasteiger charge is -2.34. The first-order valence-electron chi connectivity index (χ1n) is 7.63. The van der Waals surface area contributed by atoms with Gasteiger partial charge in [0.1, 0.15) is 0 Å². The third-order valence-electron chi connectivity index (χ3n) is 4.20. The van der Waals surface area contributed by atoms with Gasteiger partial charge in [-0.15, -0.1) is 0 Å². The number of carbonyl (C=O) groups is 2. The number of rotatable bonds is 7. The third-order valence-corrected chi connectivity index (χ3v) is 4.20. The summed E-state index contributed by atoms with van der Waals surface area (Å²) >= 11 is 0. The van der Waals surface area contributed by atoms with Crippen LogP contribution >= 0.6 is 0 Å². The van der Waals surface area contributed by atoms with Crippen LogP contribution in [0, 0.1) is 0 Å². The van der Waals surface area contributed by atoms with Crippen molar-refractivity contribution < 1.29 is 14.7 Å². The summed E-state index contributed by atoms with van der Waals surface area (Å²) in [5, 5.41) is 8.77. The number of amides is 1. The molecule has 0 bridgehead atoms. The van der Waals surface area contributed by atoms with E-state index in [1.165, 1.54) is 19.3 Å². The summed E-state index contributed by atoms with van der Waals surface area (Å²) in [6.45, 7) is 4.74. The van der Waals surface area contributed by atoms with Crippen LogP contribution in [0.2, 0.25) is 0 Å². The number of likely N-dealkylation sites (N-methyl/N-ethyl adjacent to an activating group) is 1. The van der Waals surface area contributed by atoms with Crippen molar-refractivity contribution in [3.8, 4) is 0 Å². The number of carboxylic acid groups (broad SMARTS) is 1. The molecule has 1 aliphatic carbocycles. The molecule has 0 spiro atoms. The van der Waals surface area contributed by atoms with Gasteiger partial charge in [0.2, 0.25) is 5.91 Å². The van der Waals surface area contributed by atoms with E-state index in [0.717, 1.165) is 12.8 Å². The molecule has 0 heterocycles. The molecule has 0 aromatic rings. The molecule has 1 amide bonds. The zero-order valence-electron chi connectivity index (χ0n) is 13.0. The second-order valence-electron chi connectivity index (χ2n) is 6.00. The fourth-order valence-electron chi connectivity index (χ4n) is 2.72. The molecule has 0 unspecified atom stereocenters. The number of hydrogen-bond acceptors (Lipinski definition) is 3. The van der Waals surface area contributed by atoms with Gasteiger partial charge in [0.25, 0.3) is 0 Å². The molecule has 0 aliphatic heterocycles. The predicted molar refractivity (Wildman–Crippen MR) is 78.6 cm³/mol. The van der Waals surface area contributed by atoms with Crippen molar-refractivity contribution >= 4 is 11.9 Å². The van der Waals surface area contributed by atoms with Gasteiger partial charge < -0.3 is 10.0 Å². The Morgan fingerprint density at radius 2 is 1.80 bits per heavy atom. The average molecular weight is 284 g/mol. The van der Waals surface area contributed by atoms with E-state index in [1.54, 1.807) is 0 Å². The standard InChI is InChI=1S/C15H28N2O3/c1-12(2)17(10-9-15(19)20)11-14(18)16(3)13-7-5-4-6-8-13/h12-13H,4-11H2,1-3H3,(H,19,20). The van der Waals surface area contributed by atoms with Crippen LogP contribution in [-0.4, -0.2) is 59.0 Å². The molecule has 20 heavy (non-hydrogen) atoms. The van der Waals surface area contributed by atoms with E-state index < -0.39 is 5.97 Å². The maximum absolute atomic E-state index is 12.3. The van der Waals surface area contributed by atoms with Gasteiger partial charge in [0, 0.05) is 25.7 Å². The Balaban J connectivity index is 2.49. The van der Waals surface area contributed by atoms with Gasteiger partial charge in [-0.05, 0) is 26.7 Å². The molecular weight excluding hydrogens is 256 g/mol. The van der Waals surface area contributed by atoms with Crippen LogP contribution < -0.4 is 0 Å². The molecule has 0 radical (unpaired) electrons. The average Bonchev–Trinajstić information content (AvgIpc) is 2.42. The van der Waals surface area contributed by atoms with Crippen LogP contribution in [0.3, 0.4) is 0 Å². The summed E-state index contributed by atoms with van der Waals surface area (Å²) < 4.78 is 0. The van der Waals surface area contributed by atoms with Gasteiger partial charge in [-0.1, -0.05) is 19.3 Å². The topological polar surface area (TPSA) is 60.9 Å². The molecule has 5 heteroatoms. The van der Waals surface area contributed by atoms with E-state index >= 15 is 0 Å². The van der Waals surface area contributed by atoms with Crippen molar-refractivity contribution in [2.75, 3.05) is 20.1 Å². The van der Waals surface area contributed by atoms with E-state index in [1.807, 2.05) is 30.7 Å². The summed E-state index contributed by atoms with van der Waals surface area (Å²) in [5.74, 6) is -0.709.